The van der Waals surface area contributed by atoms with Crippen molar-refractivity contribution in [3.63, 3.8) is 0 Å². The van der Waals surface area contributed by atoms with E-state index in [1.54, 1.807) is 11.6 Å². The Labute approximate surface area is 188 Å². The summed E-state index contributed by atoms with van der Waals surface area (Å²) in [4.78, 5) is 26.1. The van der Waals surface area contributed by atoms with Crippen LogP contribution in [-0.4, -0.2) is 44.2 Å². The maximum Gasteiger partial charge on any atom is 0.341 e. The summed E-state index contributed by atoms with van der Waals surface area (Å²) < 4.78 is 6.94. The van der Waals surface area contributed by atoms with E-state index in [1.807, 2.05) is 32.0 Å². The van der Waals surface area contributed by atoms with Crippen molar-refractivity contribution in [1.82, 2.24) is 20.0 Å². The third kappa shape index (κ3) is 4.64. The van der Waals surface area contributed by atoms with Crippen molar-refractivity contribution in [1.29, 1.82) is 0 Å². The van der Waals surface area contributed by atoms with Crippen LogP contribution >= 0.6 is 23.1 Å². The van der Waals surface area contributed by atoms with Crippen molar-refractivity contribution in [2.24, 2.45) is 0 Å². The van der Waals surface area contributed by atoms with Gasteiger partial charge in [0.15, 0.2) is 5.82 Å². The summed E-state index contributed by atoms with van der Waals surface area (Å²) in [6.07, 6.45) is 2.82. The lowest BCUT2D eigenvalue weighted by Crippen LogP contribution is -2.17. The molecule has 10 heteroatoms. The van der Waals surface area contributed by atoms with Crippen LogP contribution < -0.4 is 5.32 Å². The number of fused-ring (bicyclic) bond motifs is 1. The van der Waals surface area contributed by atoms with Crippen LogP contribution in [-0.2, 0) is 22.4 Å². The number of aromatic nitrogens is 4. The smallest absolute Gasteiger partial charge is 0.341 e. The predicted molar refractivity (Wildman–Crippen MR) is 120 cm³/mol. The summed E-state index contributed by atoms with van der Waals surface area (Å²) in [7, 11) is 0. The van der Waals surface area contributed by atoms with Crippen LogP contribution in [0.5, 0.6) is 0 Å². The highest BCUT2D eigenvalue weighted by atomic mass is 32.2. The molecule has 3 aromatic heterocycles. The van der Waals surface area contributed by atoms with Gasteiger partial charge in [0, 0.05) is 10.6 Å². The first kappa shape index (κ1) is 21.5. The molecule has 1 amide bonds. The van der Waals surface area contributed by atoms with Gasteiger partial charge in [0.25, 0.3) is 0 Å². The average Bonchev–Trinajstić information content (AvgIpc) is 3.41. The van der Waals surface area contributed by atoms with Crippen molar-refractivity contribution in [3.05, 3.63) is 45.6 Å². The average molecular weight is 458 g/mol. The van der Waals surface area contributed by atoms with Gasteiger partial charge in [-0.15, -0.1) is 21.5 Å². The molecule has 0 saturated carbocycles. The van der Waals surface area contributed by atoms with Gasteiger partial charge >= 0.3 is 5.97 Å². The first-order valence-corrected chi connectivity index (χ1v) is 11.9. The van der Waals surface area contributed by atoms with E-state index < -0.39 is 0 Å². The molecule has 0 aliphatic heterocycles. The van der Waals surface area contributed by atoms with E-state index in [-0.39, 0.29) is 17.6 Å². The Morgan fingerprint density at radius 1 is 1.26 bits per heavy atom. The molecule has 3 aromatic rings. The molecule has 0 saturated heterocycles. The second kappa shape index (κ2) is 9.19. The molecule has 4 rings (SSSR count). The second-order valence-corrected chi connectivity index (χ2v) is 9.29. The number of hydrogen-bond acceptors (Lipinski definition) is 8. The number of ether oxygens (including phenoxy) is 1. The monoisotopic (exact) mass is 457 g/mol. The summed E-state index contributed by atoms with van der Waals surface area (Å²) in [6, 6.07) is 5.62. The number of hydrogen-bond donors (Lipinski definition) is 1. The minimum Gasteiger partial charge on any atom is -0.462 e. The van der Waals surface area contributed by atoms with E-state index in [1.165, 1.54) is 23.1 Å². The normalized spacial score (nSPS) is 12.6. The Kier molecular flexibility index (Phi) is 6.38. The molecule has 0 aromatic carbocycles. The number of amides is 1. The molecule has 1 N–H and O–H groups in total. The number of thioether (sulfide) groups is 1. The second-order valence-electron chi connectivity index (χ2n) is 7.19. The fraction of sp³-hybridized carbons (Fsp3) is 0.381. The first-order chi connectivity index (χ1) is 15.0. The summed E-state index contributed by atoms with van der Waals surface area (Å²) in [5.74, 6) is 0.237. The molecule has 1 aliphatic carbocycles. The number of nitrogens with zero attached hydrogens (tertiary/aromatic N) is 4. The highest BCUT2D eigenvalue weighted by molar-refractivity contribution is 7.99. The summed E-state index contributed by atoms with van der Waals surface area (Å²) in [5, 5.41) is 16.9. The molecule has 0 atom stereocenters. The quantitative estimate of drug-likeness (QED) is 0.426. The van der Waals surface area contributed by atoms with Gasteiger partial charge in [-0.25, -0.2) is 9.48 Å². The van der Waals surface area contributed by atoms with Crippen LogP contribution in [0.25, 0.3) is 5.82 Å². The predicted octanol–water partition coefficient (Wildman–Crippen LogP) is 3.74. The van der Waals surface area contributed by atoms with Crippen LogP contribution in [0.2, 0.25) is 0 Å². The van der Waals surface area contributed by atoms with E-state index in [0.717, 1.165) is 41.1 Å². The number of carbonyl (C=O) groups excluding carboxylic acids is 2. The molecule has 1 aliphatic rings. The van der Waals surface area contributed by atoms with Crippen molar-refractivity contribution in [3.8, 4) is 5.82 Å². The van der Waals surface area contributed by atoms with Crippen LogP contribution in [0, 0.1) is 13.8 Å². The lowest BCUT2D eigenvalue weighted by atomic mass is 10.1. The zero-order valence-electron chi connectivity index (χ0n) is 17.6. The minimum absolute atomic E-state index is 0.165. The molecule has 3 heterocycles. The highest BCUT2D eigenvalue weighted by Gasteiger charge is 2.28. The molecular formula is C21H23N5O3S2. The zero-order valence-corrected chi connectivity index (χ0v) is 19.2. The van der Waals surface area contributed by atoms with Gasteiger partial charge in [-0.05, 0) is 63.8 Å². The number of aryl methyl sites for hydroxylation is 3. The van der Waals surface area contributed by atoms with Crippen LogP contribution in [0.4, 0.5) is 5.00 Å². The lowest BCUT2D eigenvalue weighted by molar-refractivity contribution is -0.113. The van der Waals surface area contributed by atoms with Crippen molar-refractivity contribution >= 4 is 40.0 Å². The van der Waals surface area contributed by atoms with Gasteiger partial charge in [0.2, 0.25) is 5.91 Å². The number of thiophene rings is 1. The third-order valence-corrected chi connectivity index (χ3v) is 6.98. The SMILES string of the molecule is CCOC(=O)c1c(NC(=O)CSc2ccc(-n3nc(C)cc3C)nn2)sc2c1CCC2. The highest BCUT2D eigenvalue weighted by Crippen LogP contribution is 2.39. The Balaban J connectivity index is 1.40. The summed E-state index contributed by atoms with van der Waals surface area (Å²) in [5.41, 5.74) is 3.44. The van der Waals surface area contributed by atoms with Gasteiger partial charge in [-0.3, -0.25) is 4.79 Å². The molecule has 0 spiro atoms. The number of anilines is 1. The van der Waals surface area contributed by atoms with Gasteiger partial charge < -0.3 is 10.1 Å². The van der Waals surface area contributed by atoms with Gasteiger partial charge in [0.05, 0.1) is 23.6 Å². The van der Waals surface area contributed by atoms with E-state index in [4.69, 9.17) is 4.74 Å². The summed E-state index contributed by atoms with van der Waals surface area (Å²) in [6.45, 7) is 5.97. The Morgan fingerprint density at radius 2 is 2.10 bits per heavy atom. The van der Waals surface area contributed by atoms with Crippen molar-refractivity contribution in [2.75, 3.05) is 17.7 Å². The zero-order chi connectivity index (χ0) is 22.0. The molecule has 0 unspecified atom stereocenters. The molecule has 162 valence electrons. The molecule has 0 bridgehead atoms. The van der Waals surface area contributed by atoms with E-state index in [2.05, 4.69) is 20.6 Å². The molecule has 8 nitrogen and oxygen atoms in total. The van der Waals surface area contributed by atoms with E-state index >= 15 is 0 Å². The topological polar surface area (TPSA) is 99.0 Å². The van der Waals surface area contributed by atoms with E-state index in [9.17, 15) is 9.59 Å². The molecule has 0 radical (unpaired) electrons. The van der Waals surface area contributed by atoms with Crippen molar-refractivity contribution < 1.29 is 14.3 Å². The molecule has 31 heavy (non-hydrogen) atoms. The van der Waals surface area contributed by atoms with Crippen LogP contribution in [0.1, 0.15) is 45.5 Å². The maximum absolute atomic E-state index is 12.5. The maximum atomic E-state index is 12.5. The standard InChI is InChI=1S/C21H23N5O3S2/c1-4-29-21(28)19-14-6-5-7-15(14)31-20(19)22-17(27)11-30-18-9-8-16(23-24-18)26-13(3)10-12(2)25-26/h8-10H,4-7,11H2,1-3H3,(H,22,27). The minimum atomic E-state index is -0.365. The number of nitrogens with one attached hydrogen (secondary N) is 1. The lowest BCUT2D eigenvalue weighted by Gasteiger charge is -2.08. The summed E-state index contributed by atoms with van der Waals surface area (Å²) >= 11 is 2.77. The third-order valence-electron chi connectivity index (χ3n) is 4.86. The first-order valence-electron chi connectivity index (χ1n) is 10.1. The van der Waals surface area contributed by atoms with Crippen LogP contribution in [0.3, 0.4) is 0 Å². The van der Waals surface area contributed by atoms with Crippen LogP contribution in [0.15, 0.2) is 23.2 Å². The fourth-order valence-corrected chi connectivity index (χ4v) is 5.49. The van der Waals surface area contributed by atoms with Gasteiger partial charge in [-0.2, -0.15) is 5.10 Å². The molecular weight excluding hydrogens is 434 g/mol. The number of rotatable bonds is 7. The number of carbonyl (C=O) groups is 2. The van der Waals surface area contributed by atoms with Gasteiger partial charge in [-0.1, -0.05) is 11.8 Å². The fourth-order valence-electron chi connectivity index (χ4n) is 3.58. The number of esters is 1. The van der Waals surface area contributed by atoms with Gasteiger partial charge in [0.1, 0.15) is 10.0 Å². The van der Waals surface area contributed by atoms with E-state index in [0.29, 0.717) is 28.0 Å². The Bertz CT molecular complexity index is 1120. The Hall–Kier alpha value is -2.72. The largest absolute Gasteiger partial charge is 0.462 e. The molecule has 0 fully saturated rings. The van der Waals surface area contributed by atoms with Crippen molar-refractivity contribution in [2.45, 2.75) is 45.1 Å². The Morgan fingerprint density at radius 3 is 2.77 bits per heavy atom.